The van der Waals surface area contributed by atoms with Gasteiger partial charge in [0.05, 0.1) is 30.7 Å². The van der Waals surface area contributed by atoms with Gasteiger partial charge in [0.1, 0.15) is 11.6 Å². The van der Waals surface area contributed by atoms with Crippen LogP contribution in [0.15, 0.2) is 42.5 Å². The van der Waals surface area contributed by atoms with E-state index in [1.54, 1.807) is 24.3 Å². The van der Waals surface area contributed by atoms with Crippen LogP contribution in [0.25, 0.3) is 0 Å². The molecule has 10 heteroatoms. The van der Waals surface area contributed by atoms with Gasteiger partial charge < -0.3 is 15.0 Å². The van der Waals surface area contributed by atoms with Crippen molar-refractivity contribution in [3.05, 3.63) is 48.3 Å². The number of anilines is 3. The fourth-order valence-corrected chi connectivity index (χ4v) is 3.65. The van der Waals surface area contributed by atoms with E-state index in [0.29, 0.717) is 11.4 Å². The molecule has 0 spiro atoms. The Kier molecular flexibility index (Phi) is 5.73. The van der Waals surface area contributed by atoms with Crippen LogP contribution in [0.3, 0.4) is 0 Å². The van der Waals surface area contributed by atoms with Crippen molar-refractivity contribution in [2.45, 2.75) is 6.42 Å². The highest BCUT2D eigenvalue weighted by atomic mass is 32.2. The number of ether oxygens (including phenoxy) is 1. The van der Waals surface area contributed by atoms with E-state index in [-0.39, 0.29) is 30.2 Å². The molecule has 8 nitrogen and oxygen atoms in total. The van der Waals surface area contributed by atoms with E-state index in [0.717, 1.165) is 12.3 Å². The molecular weight excluding hydrogens is 401 g/mol. The zero-order valence-corrected chi connectivity index (χ0v) is 16.6. The fraction of sp³-hybridized carbons (Fsp3) is 0.263. The second-order valence-electron chi connectivity index (χ2n) is 6.64. The third-order valence-corrected chi connectivity index (χ3v) is 4.99. The summed E-state index contributed by atoms with van der Waals surface area (Å²) in [4.78, 5) is 26.5. The molecule has 1 aliphatic rings. The predicted octanol–water partition coefficient (Wildman–Crippen LogP) is 2.20. The van der Waals surface area contributed by atoms with Crippen LogP contribution in [-0.4, -0.2) is 40.1 Å². The van der Waals surface area contributed by atoms with Gasteiger partial charge in [-0.1, -0.05) is 12.1 Å². The minimum absolute atomic E-state index is 0.0134. The summed E-state index contributed by atoms with van der Waals surface area (Å²) in [6.07, 6.45) is 0.911. The van der Waals surface area contributed by atoms with Crippen molar-refractivity contribution in [2.24, 2.45) is 5.92 Å². The van der Waals surface area contributed by atoms with Crippen molar-refractivity contribution >= 4 is 38.9 Å². The number of nitrogens with one attached hydrogen (secondary N) is 2. The van der Waals surface area contributed by atoms with E-state index in [4.69, 9.17) is 4.74 Å². The lowest BCUT2D eigenvalue weighted by Crippen LogP contribution is -2.28. The number of methoxy groups -OCH3 is 1. The largest absolute Gasteiger partial charge is 0.495 e. The fourth-order valence-electron chi connectivity index (χ4n) is 3.09. The van der Waals surface area contributed by atoms with Crippen molar-refractivity contribution in [1.82, 2.24) is 0 Å². The second-order valence-corrected chi connectivity index (χ2v) is 8.38. The Morgan fingerprint density at radius 2 is 1.97 bits per heavy atom. The van der Waals surface area contributed by atoms with Crippen molar-refractivity contribution < 1.29 is 27.1 Å². The van der Waals surface area contributed by atoms with E-state index in [1.807, 2.05) is 0 Å². The van der Waals surface area contributed by atoms with Gasteiger partial charge in [-0.05, 0) is 30.3 Å². The summed E-state index contributed by atoms with van der Waals surface area (Å²) in [6.45, 7) is 0.167. The van der Waals surface area contributed by atoms with Gasteiger partial charge in [0.25, 0.3) is 0 Å². The molecular formula is C19H20FN3O5S. The van der Waals surface area contributed by atoms with Gasteiger partial charge in [-0.2, -0.15) is 0 Å². The molecule has 0 bridgehead atoms. The number of sulfonamides is 1. The lowest BCUT2D eigenvalue weighted by atomic mass is 10.1. The smallest absolute Gasteiger partial charge is 0.229 e. The molecule has 1 heterocycles. The number of carbonyl (C=O) groups is 2. The summed E-state index contributed by atoms with van der Waals surface area (Å²) in [6, 6.07) is 10.6. The Morgan fingerprint density at radius 3 is 2.66 bits per heavy atom. The topological polar surface area (TPSA) is 105 Å². The molecule has 1 saturated heterocycles. The van der Waals surface area contributed by atoms with E-state index in [9.17, 15) is 22.4 Å². The van der Waals surface area contributed by atoms with Crippen LogP contribution in [0.1, 0.15) is 6.42 Å². The quantitative estimate of drug-likeness (QED) is 0.744. The zero-order chi connectivity index (χ0) is 21.2. The highest BCUT2D eigenvalue weighted by Crippen LogP contribution is 2.33. The van der Waals surface area contributed by atoms with Gasteiger partial charge in [-0.25, -0.2) is 12.8 Å². The first-order valence-corrected chi connectivity index (χ1v) is 10.6. The van der Waals surface area contributed by atoms with Gasteiger partial charge >= 0.3 is 0 Å². The van der Waals surface area contributed by atoms with Crippen LogP contribution < -0.4 is 19.7 Å². The third-order valence-electron chi connectivity index (χ3n) is 4.40. The number of halogens is 1. The molecule has 1 unspecified atom stereocenters. The SMILES string of the molecule is COc1ccccc1N1CC(C(=O)Nc2ccc(F)c(NS(C)(=O)=O)c2)CC1=O. The number of benzene rings is 2. The number of hydrogen-bond donors (Lipinski definition) is 2. The summed E-state index contributed by atoms with van der Waals surface area (Å²) in [5, 5.41) is 2.61. The van der Waals surface area contributed by atoms with Crippen LogP contribution in [-0.2, 0) is 19.6 Å². The maximum absolute atomic E-state index is 13.8. The molecule has 1 fully saturated rings. The number of nitrogens with zero attached hydrogens (tertiary/aromatic N) is 1. The van der Waals surface area contributed by atoms with Gasteiger partial charge in [-0.3, -0.25) is 14.3 Å². The van der Waals surface area contributed by atoms with E-state index >= 15 is 0 Å². The summed E-state index contributed by atoms with van der Waals surface area (Å²) >= 11 is 0. The third kappa shape index (κ3) is 4.83. The average Bonchev–Trinajstić information content (AvgIpc) is 3.05. The molecule has 0 radical (unpaired) electrons. The van der Waals surface area contributed by atoms with Crippen molar-refractivity contribution in [3.8, 4) is 5.75 Å². The maximum Gasteiger partial charge on any atom is 0.229 e. The van der Waals surface area contributed by atoms with Gasteiger partial charge in [0.2, 0.25) is 21.8 Å². The molecule has 2 aromatic rings. The lowest BCUT2D eigenvalue weighted by Gasteiger charge is -2.19. The van der Waals surface area contributed by atoms with E-state index in [1.165, 1.54) is 24.1 Å². The summed E-state index contributed by atoms with van der Waals surface area (Å²) < 4.78 is 43.8. The monoisotopic (exact) mass is 421 g/mol. The Balaban J connectivity index is 1.74. The highest BCUT2D eigenvalue weighted by molar-refractivity contribution is 7.92. The summed E-state index contributed by atoms with van der Waals surface area (Å²) in [5.74, 6) is -1.51. The molecule has 2 amide bonds. The number of amides is 2. The van der Waals surface area contributed by atoms with E-state index in [2.05, 4.69) is 10.0 Å². The number of rotatable bonds is 6. The van der Waals surface area contributed by atoms with Crippen LogP contribution in [0.2, 0.25) is 0 Å². The number of hydrogen-bond acceptors (Lipinski definition) is 5. The first-order valence-electron chi connectivity index (χ1n) is 8.69. The van der Waals surface area contributed by atoms with Crippen molar-refractivity contribution in [2.75, 3.05) is 34.8 Å². The first kappa shape index (κ1) is 20.6. The molecule has 0 aromatic heterocycles. The van der Waals surface area contributed by atoms with Gasteiger partial charge in [-0.15, -0.1) is 0 Å². The maximum atomic E-state index is 13.8. The summed E-state index contributed by atoms with van der Waals surface area (Å²) in [7, 11) is -2.18. The average molecular weight is 421 g/mol. The molecule has 1 aliphatic heterocycles. The Hall–Kier alpha value is -3.14. The standard InChI is InChI=1S/C19H20FN3O5S/c1-28-17-6-4-3-5-16(17)23-11-12(9-18(23)24)19(25)21-13-7-8-14(20)15(10-13)22-29(2,26)27/h3-8,10,12,22H,9,11H2,1-2H3,(H,21,25). The number of para-hydroxylation sites is 2. The van der Waals surface area contributed by atoms with Crippen LogP contribution in [0.5, 0.6) is 5.75 Å². The Bertz CT molecular complexity index is 1060. The minimum Gasteiger partial charge on any atom is -0.495 e. The molecule has 1 atom stereocenters. The minimum atomic E-state index is -3.68. The predicted molar refractivity (Wildman–Crippen MR) is 107 cm³/mol. The van der Waals surface area contributed by atoms with E-state index < -0.39 is 27.7 Å². The normalized spacial score (nSPS) is 16.6. The van der Waals surface area contributed by atoms with Crippen molar-refractivity contribution in [3.63, 3.8) is 0 Å². The summed E-state index contributed by atoms with van der Waals surface area (Å²) in [5.41, 5.74) is 0.519. The lowest BCUT2D eigenvalue weighted by molar-refractivity contribution is -0.122. The van der Waals surface area contributed by atoms with Crippen LogP contribution in [0, 0.1) is 11.7 Å². The molecule has 0 saturated carbocycles. The highest BCUT2D eigenvalue weighted by Gasteiger charge is 2.36. The molecule has 29 heavy (non-hydrogen) atoms. The zero-order valence-electron chi connectivity index (χ0n) is 15.8. The van der Waals surface area contributed by atoms with Crippen molar-refractivity contribution in [1.29, 1.82) is 0 Å². The first-order chi connectivity index (χ1) is 13.7. The Labute approximate surface area is 167 Å². The molecule has 3 rings (SSSR count). The van der Waals surface area contributed by atoms with Crippen LogP contribution in [0.4, 0.5) is 21.5 Å². The number of carbonyl (C=O) groups excluding carboxylic acids is 2. The Morgan fingerprint density at radius 1 is 1.24 bits per heavy atom. The molecule has 154 valence electrons. The van der Waals surface area contributed by atoms with Gasteiger partial charge in [0.15, 0.2) is 0 Å². The molecule has 0 aliphatic carbocycles. The van der Waals surface area contributed by atoms with Gasteiger partial charge in [0, 0.05) is 18.7 Å². The second kappa shape index (κ2) is 8.08. The molecule has 2 N–H and O–H groups in total. The molecule has 2 aromatic carbocycles. The van der Waals surface area contributed by atoms with Crippen LogP contribution >= 0.6 is 0 Å².